The van der Waals surface area contributed by atoms with Gasteiger partial charge >= 0.3 is 5.69 Å². The molecule has 0 unspecified atom stereocenters. The van der Waals surface area contributed by atoms with Crippen molar-refractivity contribution in [3.63, 3.8) is 0 Å². The van der Waals surface area contributed by atoms with Gasteiger partial charge in [-0.15, -0.1) is 0 Å². The van der Waals surface area contributed by atoms with Crippen LogP contribution in [0.5, 0.6) is 0 Å². The fourth-order valence-electron chi connectivity index (χ4n) is 1.95. The Morgan fingerprint density at radius 1 is 1.15 bits per heavy atom. The van der Waals surface area contributed by atoms with Gasteiger partial charge in [0.2, 0.25) is 21.7 Å². The van der Waals surface area contributed by atoms with Crippen molar-refractivity contribution in [3.8, 4) is 0 Å². The second-order valence-corrected chi connectivity index (χ2v) is 6.92. The van der Waals surface area contributed by atoms with Gasteiger partial charge in [-0.05, 0) is 43.3 Å². The summed E-state index contributed by atoms with van der Waals surface area (Å²) < 4.78 is 52.5. The molecule has 0 aliphatic rings. The second-order valence-electron chi connectivity index (χ2n) is 5.21. The number of rotatable bonds is 6. The smallest absolute Gasteiger partial charge is 0.306 e. The van der Waals surface area contributed by atoms with E-state index in [2.05, 4.69) is 10.0 Å². The zero-order chi connectivity index (χ0) is 19.5. The maximum absolute atomic E-state index is 13.3. The maximum Gasteiger partial charge on any atom is 0.306 e. The van der Waals surface area contributed by atoms with Gasteiger partial charge < -0.3 is 5.32 Å². The number of carbonyl (C=O) groups is 1. The maximum atomic E-state index is 13.3. The van der Waals surface area contributed by atoms with Crippen LogP contribution in [0.1, 0.15) is 6.92 Å². The Morgan fingerprint density at radius 3 is 2.35 bits per heavy atom. The van der Waals surface area contributed by atoms with Crippen molar-refractivity contribution in [2.24, 2.45) is 0 Å². The third kappa shape index (κ3) is 4.58. The fraction of sp³-hybridized carbons (Fsp3) is 0.133. The average molecular weight is 385 g/mol. The molecule has 2 N–H and O–H groups in total. The molecule has 0 aliphatic carbocycles. The molecular weight excluding hydrogens is 372 g/mol. The number of benzene rings is 2. The molecule has 0 aliphatic heterocycles. The lowest BCUT2D eigenvalue weighted by Gasteiger charge is -2.14. The number of anilines is 1. The van der Waals surface area contributed by atoms with Crippen LogP contribution in [-0.4, -0.2) is 25.3 Å². The van der Waals surface area contributed by atoms with E-state index in [1.165, 1.54) is 6.92 Å². The van der Waals surface area contributed by atoms with Crippen molar-refractivity contribution < 1.29 is 26.9 Å². The zero-order valence-corrected chi connectivity index (χ0v) is 14.1. The Kier molecular flexibility index (Phi) is 5.63. The molecule has 26 heavy (non-hydrogen) atoms. The quantitative estimate of drug-likeness (QED) is 0.584. The highest BCUT2D eigenvalue weighted by Gasteiger charge is 2.23. The summed E-state index contributed by atoms with van der Waals surface area (Å²) >= 11 is 0. The molecule has 0 fully saturated rings. The van der Waals surface area contributed by atoms with E-state index in [1.54, 1.807) is 0 Å². The SMILES string of the molecule is C[C@H](NS(=O)(=O)c1ccc(F)cc1)C(=O)Nc1ccc(F)c([N+](=O)[O-])c1. The molecule has 0 spiro atoms. The van der Waals surface area contributed by atoms with Gasteiger partial charge in [0.05, 0.1) is 15.9 Å². The number of halogens is 2. The van der Waals surface area contributed by atoms with Gasteiger partial charge in [0, 0.05) is 11.8 Å². The second kappa shape index (κ2) is 7.54. The summed E-state index contributed by atoms with van der Waals surface area (Å²) in [4.78, 5) is 21.6. The van der Waals surface area contributed by atoms with Crippen molar-refractivity contribution in [1.29, 1.82) is 0 Å². The van der Waals surface area contributed by atoms with Crippen LogP contribution in [0.15, 0.2) is 47.4 Å². The Morgan fingerprint density at radius 2 is 1.77 bits per heavy atom. The fourth-order valence-corrected chi connectivity index (χ4v) is 3.15. The summed E-state index contributed by atoms with van der Waals surface area (Å²) in [5.41, 5.74) is -0.904. The third-order valence-electron chi connectivity index (χ3n) is 3.26. The predicted octanol–water partition coefficient (Wildman–Crippen LogP) is 2.18. The van der Waals surface area contributed by atoms with Crippen molar-refractivity contribution in [2.75, 3.05) is 5.32 Å². The van der Waals surface area contributed by atoms with Gasteiger partial charge in [0.1, 0.15) is 5.82 Å². The molecule has 1 amide bonds. The van der Waals surface area contributed by atoms with E-state index in [0.717, 1.165) is 42.5 Å². The molecule has 11 heteroatoms. The lowest BCUT2D eigenvalue weighted by Crippen LogP contribution is -2.41. The number of amides is 1. The van der Waals surface area contributed by atoms with Crippen LogP contribution in [0.25, 0.3) is 0 Å². The number of nitro benzene ring substituents is 1. The van der Waals surface area contributed by atoms with Gasteiger partial charge in [-0.3, -0.25) is 14.9 Å². The van der Waals surface area contributed by atoms with E-state index >= 15 is 0 Å². The largest absolute Gasteiger partial charge is 0.324 e. The van der Waals surface area contributed by atoms with Crippen molar-refractivity contribution in [3.05, 3.63) is 64.2 Å². The summed E-state index contributed by atoms with van der Waals surface area (Å²) in [6.07, 6.45) is 0. The minimum atomic E-state index is -4.09. The molecule has 2 aromatic carbocycles. The Bertz CT molecular complexity index is 948. The minimum Gasteiger partial charge on any atom is -0.324 e. The van der Waals surface area contributed by atoms with E-state index in [-0.39, 0.29) is 10.6 Å². The van der Waals surface area contributed by atoms with E-state index in [9.17, 15) is 32.1 Å². The molecular formula is C15H13F2N3O5S. The number of nitro groups is 1. The third-order valence-corrected chi connectivity index (χ3v) is 4.82. The molecule has 2 aromatic rings. The van der Waals surface area contributed by atoms with Crippen LogP contribution in [0, 0.1) is 21.7 Å². The highest BCUT2D eigenvalue weighted by molar-refractivity contribution is 7.89. The Hall–Kier alpha value is -2.92. The first-order chi connectivity index (χ1) is 12.1. The number of nitrogens with one attached hydrogen (secondary N) is 2. The van der Waals surface area contributed by atoms with Gasteiger partial charge in [-0.25, -0.2) is 12.8 Å². The highest BCUT2D eigenvalue weighted by atomic mass is 32.2. The molecule has 0 radical (unpaired) electrons. The van der Waals surface area contributed by atoms with Crippen molar-refractivity contribution in [1.82, 2.24) is 4.72 Å². The highest BCUT2D eigenvalue weighted by Crippen LogP contribution is 2.21. The molecule has 8 nitrogen and oxygen atoms in total. The first-order valence-electron chi connectivity index (χ1n) is 7.13. The van der Waals surface area contributed by atoms with Crippen LogP contribution in [0.4, 0.5) is 20.2 Å². The van der Waals surface area contributed by atoms with Gasteiger partial charge in [-0.2, -0.15) is 9.11 Å². The molecule has 0 aromatic heterocycles. The Labute approximate surface area is 147 Å². The normalized spacial score (nSPS) is 12.4. The van der Waals surface area contributed by atoms with E-state index in [4.69, 9.17) is 0 Å². The molecule has 2 rings (SSSR count). The van der Waals surface area contributed by atoms with Crippen LogP contribution in [-0.2, 0) is 14.8 Å². The van der Waals surface area contributed by atoms with Gasteiger partial charge in [-0.1, -0.05) is 0 Å². The first kappa shape index (κ1) is 19.4. The van der Waals surface area contributed by atoms with Gasteiger partial charge in [0.25, 0.3) is 0 Å². The minimum absolute atomic E-state index is 0.0732. The van der Waals surface area contributed by atoms with Crippen molar-refractivity contribution in [2.45, 2.75) is 17.9 Å². The van der Waals surface area contributed by atoms with E-state index < -0.39 is 44.2 Å². The summed E-state index contributed by atoms with van der Waals surface area (Å²) in [5, 5.41) is 12.9. The standard InChI is InChI=1S/C15H13F2N3O5S/c1-9(19-26(24,25)12-5-2-10(16)3-6-12)15(21)18-11-4-7-13(17)14(8-11)20(22)23/h2-9,19H,1H3,(H,18,21)/t9-/m0/s1. The number of hydrogen-bond acceptors (Lipinski definition) is 5. The average Bonchev–Trinajstić information content (AvgIpc) is 2.56. The predicted molar refractivity (Wildman–Crippen MR) is 87.9 cm³/mol. The van der Waals surface area contributed by atoms with E-state index in [1.807, 2.05) is 0 Å². The number of carbonyl (C=O) groups excluding carboxylic acids is 1. The number of sulfonamides is 1. The number of nitrogens with zero attached hydrogens (tertiary/aromatic N) is 1. The molecule has 138 valence electrons. The monoisotopic (exact) mass is 385 g/mol. The molecule has 0 saturated heterocycles. The summed E-state index contributed by atoms with van der Waals surface area (Å²) in [6, 6.07) is 5.44. The molecule has 0 saturated carbocycles. The molecule has 0 heterocycles. The summed E-state index contributed by atoms with van der Waals surface area (Å²) in [5.74, 6) is -2.51. The van der Waals surface area contributed by atoms with Crippen molar-refractivity contribution >= 4 is 27.3 Å². The van der Waals surface area contributed by atoms with Crippen LogP contribution >= 0.6 is 0 Å². The topological polar surface area (TPSA) is 118 Å². The van der Waals surface area contributed by atoms with Crippen LogP contribution in [0.2, 0.25) is 0 Å². The van der Waals surface area contributed by atoms with Crippen LogP contribution < -0.4 is 10.0 Å². The van der Waals surface area contributed by atoms with Crippen LogP contribution in [0.3, 0.4) is 0 Å². The lowest BCUT2D eigenvalue weighted by molar-refractivity contribution is -0.387. The molecule has 0 bridgehead atoms. The lowest BCUT2D eigenvalue weighted by atomic mass is 10.2. The zero-order valence-electron chi connectivity index (χ0n) is 13.3. The first-order valence-corrected chi connectivity index (χ1v) is 8.61. The summed E-state index contributed by atoms with van der Waals surface area (Å²) in [7, 11) is -4.09. The number of hydrogen-bond donors (Lipinski definition) is 2. The molecule has 1 atom stereocenters. The van der Waals surface area contributed by atoms with E-state index in [0.29, 0.717) is 0 Å². The van der Waals surface area contributed by atoms with Gasteiger partial charge in [0.15, 0.2) is 0 Å². The Balaban J connectivity index is 2.11. The summed E-state index contributed by atoms with van der Waals surface area (Å²) in [6.45, 7) is 1.24.